The average Bonchev–Trinajstić information content (AvgIpc) is 2.35. The maximum Gasteiger partial charge on any atom is 0.573 e. The average molecular weight is 312 g/mol. The SMILES string of the molecule is CCC(CC)(O[PH](=O)O)c1ccc(OC(F)(F)F)cc1. The highest BCUT2D eigenvalue weighted by Crippen LogP contribution is 2.40. The van der Waals surface area contributed by atoms with Crippen LogP contribution in [0.2, 0.25) is 0 Å². The van der Waals surface area contributed by atoms with Gasteiger partial charge in [-0.2, -0.15) is 0 Å². The van der Waals surface area contributed by atoms with E-state index >= 15 is 0 Å². The molecule has 0 aromatic heterocycles. The Balaban J connectivity index is 3.02. The van der Waals surface area contributed by atoms with Gasteiger partial charge < -0.3 is 9.63 Å². The Labute approximate surface area is 115 Å². The monoisotopic (exact) mass is 312 g/mol. The Morgan fingerprint density at radius 1 is 1.15 bits per heavy atom. The molecular formula is C12H16F3O4P. The first-order chi connectivity index (χ1) is 9.22. The first-order valence-electron chi connectivity index (χ1n) is 6.00. The fourth-order valence-electron chi connectivity index (χ4n) is 1.99. The number of rotatable bonds is 6. The van der Waals surface area contributed by atoms with Crippen molar-refractivity contribution in [3.05, 3.63) is 29.8 Å². The van der Waals surface area contributed by atoms with Gasteiger partial charge in [0.15, 0.2) is 0 Å². The fourth-order valence-corrected chi connectivity index (χ4v) is 2.73. The van der Waals surface area contributed by atoms with Gasteiger partial charge in [0.1, 0.15) is 11.4 Å². The summed E-state index contributed by atoms with van der Waals surface area (Å²) in [6, 6.07) is 5.11. The van der Waals surface area contributed by atoms with Gasteiger partial charge in [-0.3, -0.25) is 9.09 Å². The molecule has 1 aromatic rings. The number of hydrogen-bond acceptors (Lipinski definition) is 3. The Morgan fingerprint density at radius 2 is 1.65 bits per heavy atom. The maximum absolute atomic E-state index is 12.1. The molecule has 0 saturated carbocycles. The lowest BCUT2D eigenvalue weighted by molar-refractivity contribution is -0.274. The molecule has 0 aliphatic heterocycles. The van der Waals surface area contributed by atoms with Crippen LogP contribution in [-0.2, 0) is 14.7 Å². The molecule has 1 rings (SSSR count). The highest BCUT2D eigenvalue weighted by atomic mass is 31.1. The molecule has 0 radical (unpaired) electrons. The quantitative estimate of drug-likeness (QED) is 0.807. The van der Waals surface area contributed by atoms with Crippen LogP contribution in [0.15, 0.2) is 24.3 Å². The first kappa shape index (κ1) is 17.0. The molecule has 0 saturated heterocycles. The normalized spacial score (nSPS) is 14.1. The third-order valence-corrected chi connectivity index (χ3v) is 3.60. The van der Waals surface area contributed by atoms with Gasteiger partial charge >= 0.3 is 14.6 Å². The minimum Gasteiger partial charge on any atom is -0.406 e. The summed E-state index contributed by atoms with van der Waals surface area (Å²) in [4.78, 5) is 8.97. The van der Waals surface area contributed by atoms with Gasteiger partial charge in [0, 0.05) is 0 Å². The summed E-state index contributed by atoms with van der Waals surface area (Å²) in [5.74, 6) is -0.348. The summed E-state index contributed by atoms with van der Waals surface area (Å²) in [7, 11) is -3.16. The van der Waals surface area contributed by atoms with E-state index in [4.69, 9.17) is 9.42 Å². The summed E-state index contributed by atoms with van der Waals surface area (Å²) >= 11 is 0. The van der Waals surface area contributed by atoms with Gasteiger partial charge in [0.25, 0.3) is 0 Å². The molecule has 0 heterocycles. The molecule has 0 bridgehead atoms. The van der Waals surface area contributed by atoms with E-state index in [0.29, 0.717) is 18.4 Å². The van der Waals surface area contributed by atoms with Crippen molar-refractivity contribution in [2.24, 2.45) is 0 Å². The first-order valence-corrected chi connectivity index (χ1v) is 7.27. The van der Waals surface area contributed by atoms with E-state index in [2.05, 4.69) is 4.74 Å². The van der Waals surface area contributed by atoms with Crippen LogP contribution in [0.3, 0.4) is 0 Å². The Morgan fingerprint density at radius 3 is 2.00 bits per heavy atom. The van der Waals surface area contributed by atoms with Crippen LogP contribution in [0.4, 0.5) is 13.2 Å². The number of hydrogen-bond donors (Lipinski definition) is 1. The second kappa shape index (κ2) is 6.61. The Bertz CT molecular complexity index is 455. The fraction of sp³-hybridized carbons (Fsp3) is 0.500. The predicted molar refractivity (Wildman–Crippen MR) is 67.7 cm³/mol. The van der Waals surface area contributed by atoms with Gasteiger partial charge in [-0.1, -0.05) is 26.0 Å². The second-order valence-corrected chi connectivity index (χ2v) is 4.88. The zero-order chi connectivity index (χ0) is 15.4. The lowest BCUT2D eigenvalue weighted by Crippen LogP contribution is -2.25. The summed E-state index contributed by atoms with van der Waals surface area (Å²) in [6.07, 6.45) is -3.92. The predicted octanol–water partition coefficient (Wildman–Crippen LogP) is 4.00. The van der Waals surface area contributed by atoms with E-state index in [1.54, 1.807) is 13.8 Å². The largest absolute Gasteiger partial charge is 0.573 e. The van der Waals surface area contributed by atoms with E-state index in [-0.39, 0.29) is 5.75 Å². The summed E-state index contributed by atoms with van der Waals surface area (Å²) in [5.41, 5.74) is -0.453. The van der Waals surface area contributed by atoms with Crippen molar-refractivity contribution < 1.29 is 31.9 Å². The van der Waals surface area contributed by atoms with E-state index < -0.39 is 20.2 Å². The lowest BCUT2D eigenvalue weighted by atomic mass is 9.89. The molecule has 4 nitrogen and oxygen atoms in total. The van der Waals surface area contributed by atoms with E-state index in [0.717, 1.165) is 12.1 Å². The molecule has 1 N–H and O–H groups in total. The third kappa shape index (κ3) is 4.51. The Hall–Kier alpha value is -1.04. The molecule has 1 aromatic carbocycles. The number of ether oxygens (including phenoxy) is 1. The summed E-state index contributed by atoms with van der Waals surface area (Å²) in [5, 5.41) is 0. The van der Waals surface area contributed by atoms with Crippen molar-refractivity contribution >= 4 is 8.25 Å². The minimum absolute atomic E-state index is 0.348. The number of benzene rings is 1. The van der Waals surface area contributed by atoms with Crippen molar-refractivity contribution in [1.29, 1.82) is 0 Å². The highest BCUT2D eigenvalue weighted by molar-refractivity contribution is 7.32. The molecule has 0 amide bonds. The van der Waals surface area contributed by atoms with Crippen molar-refractivity contribution in [3.8, 4) is 5.75 Å². The van der Waals surface area contributed by atoms with E-state index in [1.807, 2.05) is 0 Å². The zero-order valence-corrected chi connectivity index (χ0v) is 12.0. The van der Waals surface area contributed by atoms with Gasteiger partial charge in [0.2, 0.25) is 0 Å². The number of halogens is 3. The summed E-state index contributed by atoms with van der Waals surface area (Å²) in [6.45, 7) is 3.54. The molecule has 0 aliphatic carbocycles. The standard InChI is InChI=1S/C12H16F3O4P/c1-3-11(4-2,19-20(16)17)9-5-7-10(8-6-9)18-12(13,14)15/h5-8,20H,3-4H2,1-2H3,(H,16,17). The van der Waals surface area contributed by atoms with Crippen LogP contribution < -0.4 is 4.74 Å². The topological polar surface area (TPSA) is 55.8 Å². The molecule has 0 fully saturated rings. The van der Waals surface area contributed by atoms with Gasteiger partial charge in [0.05, 0.1) is 0 Å². The minimum atomic E-state index is -4.75. The van der Waals surface area contributed by atoms with E-state index in [9.17, 15) is 17.7 Å². The molecule has 114 valence electrons. The van der Waals surface area contributed by atoms with Crippen LogP contribution >= 0.6 is 8.25 Å². The van der Waals surface area contributed by atoms with Crippen molar-refractivity contribution in [2.45, 2.75) is 38.7 Å². The Kier molecular flexibility index (Phi) is 5.62. The molecule has 0 spiro atoms. The smallest absolute Gasteiger partial charge is 0.406 e. The zero-order valence-electron chi connectivity index (χ0n) is 11.0. The van der Waals surface area contributed by atoms with Crippen LogP contribution in [0.5, 0.6) is 5.75 Å². The molecule has 1 unspecified atom stereocenters. The van der Waals surface area contributed by atoms with Crippen LogP contribution in [0.1, 0.15) is 32.3 Å². The van der Waals surface area contributed by atoms with Crippen molar-refractivity contribution in [2.75, 3.05) is 0 Å². The second-order valence-electron chi connectivity index (χ2n) is 4.14. The molecule has 8 heteroatoms. The van der Waals surface area contributed by atoms with Gasteiger partial charge in [-0.15, -0.1) is 13.2 Å². The number of alkyl halides is 3. The lowest BCUT2D eigenvalue weighted by Gasteiger charge is -2.31. The van der Waals surface area contributed by atoms with Crippen molar-refractivity contribution in [1.82, 2.24) is 0 Å². The molecule has 1 atom stereocenters. The van der Waals surface area contributed by atoms with Crippen molar-refractivity contribution in [3.63, 3.8) is 0 Å². The van der Waals surface area contributed by atoms with E-state index in [1.165, 1.54) is 12.1 Å². The maximum atomic E-state index is 12.1. The third-order valence-electron chi connectivity index (χ3n) is 3.04. The highest BCUT2D eigenvalue weighted by Gasteiger charge is 2.33. The molecular weight excluding hydrogens is 296 g/mol. The van der Waals surface area contributed by atoms with Crippen LogP contribution in [0, 0.1) is 0 Å². The molecule has 0 aliphatic rings. The van der Waals surface area contributed by atoms with Gasteiger partial charge in [-0.25, -0.2) is 0 Å². The van der Waals surface area contributed by atoms with Gasteiger partial charge in [-0.05, 0) is 30.5 Å². The van der Waals surface area contributed by atoms with Crippen LogP contribution in [0.25, 0.3) is 0 Å². The van der Waals surface area contributed by atoms with Crippen LogP contribution in [-0.4, -0.2) is 11.3 Å². The summed E-state index contributed by atoms with van der Waals surface area (Å²) < 4.78 is 56.0. The molecule has 20 heavy (non-hydrogen) atoms.